The van der Waals surface area contributed by atoms with Crippen LogP contribution in [0.1, 0.15) is 22.9 Å². The van der Waals surface area contributed by atoms with Gasteiger partial charge in [0.1, 0.15) is 11.5 Å². The number of methoxy groups -OCH3 is 2. The van der Waals surface area contributed by atoms with Crippen molar-refractivity contribution >= 4 is 44.3 Å². The topological polar surface area (TPSA) is 91.9 Å². The van der Waals surface area contributed by atoms with E-state index < -0.39 is 17.7 Å². The van der Waals surface area contributed by atoms with Gasteiger partial charge in [-0.15, -0.1) is 0 Å². The van der Waals surface area contributed by atoms with Crippen molar-refractivity contribution in [3.8, 4) is 5.75 Å². The number of rotatable bonds is 6. The fourth-order valence-electron chi connectivity index (χ4n) is 4.22. The summed E-state index contributed by atoms with van der Waals surface area (Å²) in [6.07, 6.45) is 0. The first-order valence-electron chi connectivity index (χ1n) is 10.1. The van der Waals surface area contributed by atoms with Gasteiger partial charge in [-0.05, 0) is 47.1 Å². The van der Waals surface area contributed by atoms with E-state index in [0.717, 1.165) is 22.2 Å². The van der Waals surface area contributed by atoms with Gasteiger partial charge in [0.25, 0.3) is 11.7 Å². The summed E-state index contributed by atoms with van der Waals surface area (Å²) in [5.74, 6) is -1.03. The number of aromatic amines is 1. The Labute approximate surface area is 193 Å². The number of nitrogens with zero attached hydrogens (tertiary/aromatic N) is 1. The molecule has 1 aliphatic rings. The molecule has 4 rings (SSSR count). The molecule has 8 heteroatoms. The summed E-state index contributed by atoms with van der Waals surface area (Å²) in [5.41, 5.74) is 2.96. The molecule has 3 aromatic rings. The first kappa shape index (κ1) is 22.1. The number of halogens is 1. The van der Waals surface area contributed by atoms with Crippen LogP contribution in [0.15, 0.2) is 52.5 Å². The number of nitrogens with one attached hydrogen (secondary N) is 1. The van der Waals surface area contributed by atoms with Crippen LogP contribution in [0.25, 0.3) is 16.7 Å². The molecular formula is C24H23BrN2O5. The molecule has 2 heterocycles. The molecule has 1 aromatic heterocycles. The molecule has 32 heavy (non-hydrogen) atoms. The first-order valence-corrected chi connectivity index (χ1v) is 10.9. The Morgan fingerprint density at radius 1 is 1.19 bits per heavy atom. The number of Topliss-reactive ketones (excluding diaryl/α,β-unsaturated/α-hetero) is 1. The summed E-state index contributed by atoms with van der Waals surface area (Å²) in [5, 5.41) is 12.1. The second-order valence-corrected chi connectivity index (χ2v) is 8.40. The number of H-pyrrole nitrogens is 1. The van der Waals surface area contributed by atoms with E-state index in [-0.39, 0.29) is 24.5 Å². The molecule has 1 fully saturated rings. The lowest BCUT2D eigenvalue weighted by Gasteiger charge is -2.25. The molecule has 0 radical (unpaired) electrons. The Kier molecular flexibility index (Phi) is 6.08. The number of aromatic nitrogens is 1. The lowest BCUT2D eigenvalue weighted by Crippen LogP contribution is -2.32. The standard InChI is InChI=1S/C24H23BrN2O5/c1-13-19(15-6-4-5-7-17(15)26-13)21-20(23(29)24(30)27(21)10-11-31-2)22(28)14-8-9-18(32-3)16(25)12-14/h4-9,12,21,26,28H,10-11H2,1-3H3/b22-20+. The van der Waals surface area contributed by atoms with E-state index in [1.165, 1.54) is 12.0 Å². The van der Waals surface area contributed by atoms with Gasteiger partial charge in [0.2, 0.25) is 0 Å². The third-order valence-corrected chi connectivity index (χ3v) is 6.34. The number of fused-ring (bicyclic) bond motifs is 1. The second-order valence-electron chi connectivity index (χ2n) is 7.54. The van der Waals surface area contributed by atoms with Crippen molar-refractivity contribution in [2.75, 3.05) is 27.4 Å². The van der Waals surface area contributed by atoms with E-state index in [4.69, 9.17) is 9.47 Å². The third-order valence-electron chi connectivity index (χ3n) is 5.72. The van der Waals surface area contributed by atoms with Gasteiger partial charge in [-0.25, -0.2) is 0 Å². The van der Waals surface area contributed by atoms with Crippen molar-refractivity contribution in [1.82, 2.24) is 9.88 Å². The molecule has 0 bridgehead atoms. The SMILES string of the molecule is COCCN1C(=O)C(=O)/C(=C(/O)c2ccc(OC)c(Br)c2)C1c1c(C)[nH]c2ccccc12. The van der Waals surface area contributed by atoms with Gasteiger partial charge in [-0.3, -0.25) is 9.59 Å². The van der Waals surface area contributed by atoms with Crippen LogP contribution < -0.4 is 4.74 Å². The number of aliphatic hydroxyl groups excluding tert-OH is 1. The van der Waals surface area contributed by atoms with Crippen LogP contribution in [0.4, 0.5) is 0 Å². The molecule has 0 spiro atoms. The fourth-order valence-corrected chi connectivity index (χ4v) is 4.76. The van der Waals surface area contributed by atoms with Crippen molar-refractivity contribution in [2.24, 2.45) is 0 Å². The largest absolute Gasteiger partial charge is 0.507 e. The zero-order valence-corrected chi connectivity index (χ0v) is 19.5. The van der Waals surface area contributed by atoms with Crippen LogP contribution >= 0.6 is 15.9 Å². The molecule has 1 atom stereocenters. The zero-order chi connectivity index (χ0) is 23.0. The molecule has 1 amide bonds. The molecule has 0 saturated carbocycles. The van der Waals surface area contributed by atoms with E-state index in [2.05, 4.69) is 20.9 Å². The average Bonchev–Trinajstić information content (AvgIpc) is 3.24. The highest BCUT2D eigenvalue weighted by Gasteiger charge is 2.47. The van der Waals surface area contributed by atoms with Gasteiger partial charge in [0, 0.05) is 41.4 Å². The van der Waals surface area contributed by atoms with E-state index >= 15 is 0 Å². The second kappa shape index (κ2) is 8.80. The van der Waals surface area contributed by atoms with Crippen molar-refractivity contribution in [1.29, 1.82) is 0 Å². The third kappa shape index (κ3) is 3.59. The van der Waals surface area contributed by atoms with Crippen molar-refractivity contribution in [3.05, 3.63) is 69.3 Å². The molecule has 1 unspecified atom stereocenters. The summed E-state index contributed by atoms with van der Waals surface area (Å²) in [7, 11) is 3.08. The molecule has 2 aromatic carbocycles. The Balaban J connectivity index is 1.95. The van der Waals surface area contributed by atoms with E-state index in [0.29, 0.717) is 15.8 Å². The highest BCUT2D eigenvalue weighted by atomic mass is 79.9. The quantitative estimate of drug-likeness (QED) is 0.300. The highest BCUT2D eigenvalue weighted by Crippen LogP contribution is 2.43. The Morgan fingerprint density at radius 3 is 2.62 bits per heavy atom. The van der Waals surface area contributed by atoms with E-state index in [1.807, 2.05) is 31.2 Å². The molecule has 1 saturated heterocycles. The predicted octanol–water partition coefficient (Wildman–Crippen LogP) is 4.32. The number of ketones is 1. The van der Waals surface area contributed by atoms with Gasteiger partial charge in [0.15, 0.2) is 0 Å². The smallest absolute Gasteiger partial charge is 0.295 e. The van der Waals surface area contributed by atoms with Crippen molar-refractivity contribution in [2.45, 2.75) is 13.0 Å². The molecule has 1 aliphatic heterocycles. The molecule has 0 aliphatic carbocycles. The Morgan fingerprint density at radius 2 is 1.94 bits per heavy atom. The van der Waals surface area contributed by atoms with Gasteiger partial charge in [-0.1, -0.05) is 18.2 Å². The number of carbonyl (C=O) groups is 2. The van der Waals surface area contributed by atoms with Crippen molar-refractivity contribution < 1.29 is 24.2 Å². The zero-order valence-electron chi connectivity index (χ0n) is 17.9. The Hall–Kier alpha value is -3.10. The lowest BCUT2D eigenvalue weighted by molar-refractivity contribution is -0.140. The maximum absolute atomic E-state index is 13.2. The number of amides is 1. The molecule has 7 nitrogen and oxygen atoms in total. The van der Waals surface area contributed by atoms with Gasteiger partial charge < -0.3 is 24.5 Å². The number of ether oxygens (including phenoxy) is 2. The molecule has 166 valence electrons. The summed E-state index contributed by atoms with van der Waals surface area (Å²) < 4.78 is 11.1. The van der Waals surface area contributed by atoms with Crippen LogP contribution in [0.2, 0.25) is 0 Å². The minimum absolute atomic E-state index is 0.0519. The van der Waals surface area contributed by atoms with Gasteiger partial charge >= 0.3 is 0 Å². The van der Waals surface area contributed by atoms with Crippen LogP contribution in [0, 0.1) is 6.92 Å². The van der Waals surface area contributed by atoms with E-state index in [9.17, 15) is 14.7 Å². The summed E-state index contributed by atoms with van der Waals surface area (Å²) in [6, 6.07) is 12.0. The number of benzene rings is 2. The average molecular weight is 499 g/mol. The summed E-state index contributed by atoms with van der Waals surface area (Å²) in [4.78, 5) is 31.0. The number of aryl methyl sites for hydroxylation is 1. The number of hydrogen-bond donors (Lipinski definition) is 2. The minimum Gasteiger partial charge on any atom is -0.507 e. The van der Waals surface area contributed by atoms with Crippen LogP contribution in [0.5, 0.6) is 5.75 Å². The number of likely N-dealkylation sites (tertiary alicyclic amines) is 1. The molecular weight excluding hydrogens is 476 g/mol. The molecule has 2 N–H and O–H groups in total. The van der Waals surface area contributed by atoms with Crippen molar-refractivity contribution in [3.63, 3.8) is 0 Å². The summed E-state index contributed by atoms with van der Waals surface area (Å²) in [6.45, 7) is 2.38. The number of para-hydroxylation sites is 1. The fraction of sp³-hybridized carbons (Fsp3) is 0.250. The first-order chi connectivity index (χ1) is 15.4. The van der Waals surface area contributed by atoms with Crippen LogP contribution in [-0.4, -0.2) is 54.1 Å². The monoisotopic (exact) mass is 498 g/mol. The number of aliphatic hydroxyl groups is 1. The predicted molar refractivity (Wildman–Crippen MR) is 125 cm³/mol. The maximum atomic E-state index is 13.2. The number of hydrogen-bond acceptors (Lipinski definition) is 5. The minimum atomic E-state index is -0.748. The van der Waals surface area contributed by atoms with Crippen LogP contribution in [0.3, 0.4) is 0 Å². The normalized spacial score (nSPS) is 18.0. The van der Waals surface area contributed by atoms with Crippen LogP contribution in [-0.2, 0) is 14.3 Å². The number of carbonyl (C=O) groups excluding carboxylic acids is 2. The Bertz CT molecular complexity index is 1250. The van der Waals surface area contributed by atoms with E-state index in [1.54, 1.807) is 25.3 Å². The van der Waals surface area contributed by atoms with Gasteiger partial charge in [-0.2, -0.15) is 0 Å². The van der Waals surface area contributed by atoms with Gasteiger partial charge in [0.05, 0.1) is 29.8 Å². The summed E-state index contributed by atoms with van der Waals surface area (Å²) >= 11 is 3.41. The maximum Gasteiger partial charge on any atom is 0.295 e. The lowest BCUT2D eigenvalue weighted by atomic mass is 9.93. The highest BCUT2D eigenvalue weighted by molar-refractivity contribution is 9.10.